The molecule has 0 N–H and O–H groups in total. The van der Waals surface area contributed by atoms with Crippen LogP contribution in [0, 0.1) is 18.3 Å². The summed E-state index contributed by atoms with van der Waals surface area (Å²) in [6, 6.07) is 18.9. The molecule has 0 unspecified atom stereocenters. The van der Waals surface area contributed by atoms with Gasteiger partial charge in [-0.3, -0.25) is 9.59 Å². The quantitative estimate of drug-likeness (QED) is 0.374. The van der Waals surface area contributed by atoms with Gasteiger partial charge < -0.3 is 14.4 Å². The Balaban J connectivity index is 1.60. The van der Waals surface area contributed by atoms with Gasteiger partial charge in [0.2, 0.25) is 11.8 Å². The molecule has 1 aromatic heterocycles. The van der Waals surface area contributed by atoms with Gasteiger partial charge in [-0.1, -0.05) is 74.0 Å². The van der Waals surface area contributed by atoms with E-state index in [2.05, 4.69) is 62.2 Å². The average Bonchev–Trinajstić information content (AvgIpc) is 3.31. The van der Waals surface area contributed by atoms with Gasteiger partial charge in [-0.25, -0.2) is 4.98 Å². The van der Waals surface area contributed by atoms with Crippen molar-refractivity contribution in [3.63, 3.8) is 0 Å². The van der Waals surface area contributed by atoms with Crippen LogP contribution < -0.4 is 0 Å². The van der Waals surface area contributed by atoms with Crippen LogP contribution in [0.25, 0.3) is 0 Å². The van der Waals surface area contributed by atoms with Gasteiger partial charge in [0.15, 0.2) is 0 Å². The van der Waals surface area contributed by atoms with Gasteiger partial charge in [-0.15, -0.1) is 0 Å². The Kier molecular flexibility index (Phi) is 9.03. The highest BCUT2D eigenvalue weighted by molar-refractivity contribution is 5.84. The molecule has 2 aromatic carbocycles. The fourth-order valence-corrected chi connectivity index (χ4v) is 5.44. The van der Waals surface area contributed by atoms with Crippen molar-refractivity contribution in [1.29, 1.82) is 0 Å². The maximum Gasteiger partial charge on any atom is 0.229 e. The summed E-state index contributed by atoms with van der Waals surface area (Å²) in [5.41, 5.74) is 3.07. The lowest BCUT2D eigenvalue weighted by molar-refractivity contribution is -0.149. The number of benzene rings is 2. The molecule has 0 bridgehead atoms. The van der Waals surface area contributed by atoms with Gasteiger partial charge in [0, 0.05) is 45.5 Å². The predicted molar refractivity (Wildman–Crippen MR) is 151 cm³/mol. The van der Waals surface area contributed by atoms with Crippen LogP contribution in [0.3, 0.4) is 0 Å². The summed E-state index contributed by atoms with van der Waals surface area (Å²) in [7, 11) is 1.98. The Bertz CT molecular complexity index is 1190. The second-order valence-corrected chi connectivity index (χ2v) is 11.3. The third-order valence-electron chi connectivity index (χ3n) is 7.83. The van der Waals surface area contributed by atoms with Crippen molar-refractivity contribution in [2.24, 2.45) is 18.4 Å². The van der Waals surface area contributed by atoms with Crippen LogP contribution in [0.5, 0.6) is 0 Å². The number of carbonyl (C=O) groups excluding carboxylic acids is 2. The van der Waals surface area contributed by atoms with E-state index in [1.807, 2.05) is 45.8 Å². The standard InChI is InChI=1S/C32H42N4O2/c1-25(2)22-30(37)35-19-15-32(16-20-35,23-28-8-6-5-7-9-28)31(38)36(24-29-33-17-21-34(29)4)18-14-27-12-10-26(3)11-13-27/h5-13,17,21,25H,14-16,18-20,22-24H2,1-4H3. The molecule has 1 fully saturated rings. The number of aromatic nitrogens is 2. The lowest BCUT2D eigenvalue weighted by Crippen LogP contribution is -2.52. The second kappa shape index (κ2) is 12.4. The Morgan fingerprint density at radius 3 is 2.29 bits per heavy atom. The molecule has 38 heavy (non-hydrogen) atoms. The fourth-order valence-electron chi connectivity index (χ4n) is 5.44. The van der Waals surface area contributed by atoms with E-state index in [1.54, 1.807) is 6.20 Å². The first kappa shape index (κ1) is 27.6. The summed E-state index contributed by atoms with van der Waals surface area (Å²) >= 11 is 0. The Labute approximate surface area is 227 Å². The molecule has 2 amide bonds. The number of carbonyl (C=O) groups is 2. The van der Waals surface area contributed by atoms with Crippen molar-refractivity contribution >= 4 is 11.8 Å². The normalized spacial score (nSPS) is 15.0. The molecule has 0 saturated carbocycles. The monoisotopic (exact) mass is 514 g/mol. The van der Waals surface area contributed by atoms with Crippen molar-refractivity contribution in [1.82, 2.24) is 19.4 Å². The van der Waals surface area contributed by atoms with E-state index in [0.717, 1.165) is 12.2 Å². The molecule has 2 heterocycles. The van der Waals surface area contributed by atoms with Crippen LogP contribution in [-0.4, -0.2) is 50.8 Å². The highest BCUT2D eigenvalue weighted by Crippen LogP contribution is 2.38. The van der Waals surface area contributed by atoms with E-state index in [1.165, 1.54) is 16.7 Å². The third-order valence-corrected chi connectivity index (χ3v) is 7.83. The zero-order valence-corrected chi connectivity index (χ0v) is 23.4. The SMILES string of the molecule is Cc1ccc(CCN(Cc2nccn2C)C(=O)C2(Cc3ccccc3)CCN(C(=O)CC(C)C)CC2)cc1. The number of piperidine rings is 1. The van der Waals surface area contributed by atoms with E-state index in [0.29, 0.717) is 57.8 Å². The van der Waals surface area contributed by atoms with Crippen LogP contribution in [0.4, 0.5) is 0 Å². The molecule has 3 aromatic rings. The molecule has 1 aliphatic heterocycles. The fraction of sp³-hybridized carbons (Fsp3) is 0.469. The molecular weight excluding hydrogens is 472 g/mol. The van der Waals surface area contributed by atoms with Gasteiger partial charge in [-0.2, -0.15) is 0 Å². The molecule has 0 aliphatic carbocycles. The van der Waals surface area contributed by atoms with Crippen molar-refractivity contribution in [3.8, 4) is 0 Å². The van der Waals surface area contributed by atoms with Gasteiger partial charge >= 0.3 is 0 Å². The van der Waals surface area contributed by atoms with Gasteiger partial charge in [0.25, 0.3) is 0 Å². The molecule has 0 atom stereocenters. The van der Waals surface area contributed by atoms with E-state index in [9.17, 15) is 9.59 Å². The molecule has 0 radical (unpaired) electrons. The van der Waals surface area contributed by atoms with Crippen molar-refractivity contribution < 1.29 is 9.59 Å². The van der Waals surface area contributed by atoms with Crippen LogP contribution in [0.2, 0.25) is 0 Å². The smallest absolute Gasteiger partial charge is 0.229 e. The zero-order chi connectivity index (χ0) is 27.1. The molecule has 6 nitrogen and oxygen atoms in total. The first-order valence-electron chi connectivity index (χ1n) is 13.9. The van der Waals surface area contributed by atoms with Gasteiger partial charge in [0.1, 0.15) is 5.82 Å². The van der Waals surface area contributed by atoms with Crippen molar-refractivity contribution in [3.05, 3.63) is 89.5 Å². The lowest BCUT2D eigenvalue weighted by Gasteiger charge is -2.43. The minimum absolute atomic E-state index is 0.174. The van der Waals surface area contributed by atoms with E-state index in [-0.39, 0.29) is 11.8 Å². The van der Waals surface area contributed by atoms with Gasteiger partial charge in [0.05, 0.1) is 12.0 Å². The maximum absolute atomic E-state index is 14.6. The highest BCUT2D eigenvalue weighted by atomic mass is 16.2. The number of amides is 2. The number of hydrogen-bond acceptors (Lipinski definition) is 3. The molecule has 1 aliphatic rings. The summed E-state index contributed by atoms with van der Waals surface area (Å²) < 4.78 is 1.99. The number of imidazole rings is 1. The summed E-state index contributed by atoms with van der Waals surface area (Å²) in [4.78, 5) is 35.9. The molecule has 4 rings (SSSR count). The van der Waals surface area contributed by atoms with Crippen LogP contribution in [0.15, 0.2) is 67.0 Å². The number of nitrogens with zero attached hydrogens (tertiary/aromatic N) is 4. The Morgan fingerprint density at radius 2 is 1.68 bits per heavy atom. The van der Waals surface area contributed by atoms with Crippen molar-refractivity contribution in [2.75, 3.05) is 19.6 Å². The molecule has 202 valence electrons. The highest BCUT2D eigenvalue weighted by Gasteiger charge is 2.44. The zero-order valence-electron chi connectivity index (χ0n) is 23.4. The number of rotatable bonds is 10. The number of aryl methyl sites for hydroxylation is 2. The largest absolute Gasteiger partial charge is 0.343 e. The first-order valence-corrected chi connectivity index (χ1v) is 13.9. The maximum atomic E-state index is 14.6. The second-order valence-electron chi connectivity index (χ2n) is 11.3. The lowest BCUT2D eigenvalue weighted by atomic mass is 9.72. The van der Waals surface area contributed by atoms with E-state index >= 15 is 0 Å². The third kappa shape index (κ3) is 6.91. The minimum atomic E-state index is -0.547. The summed E-state index contributed by atoms with van der Waals surface area (Å²) in [6.45, 7) is 8.59. The molecular formula is C32H42N4O2. The summed E-state index contributed by atoms with van der Waals surface area (Å²) in [6.07, 6.45) is 7.09. The summed E-state index contributed by atoms with van der Waals surface area (Å²) in [5, 5.41) is 0. The molecule has 6 heteroatoms. The molecule has 0 spiro atoms. The number of hydrogen-bond donors (Lipinski definition) is 0. The van der Waals surface area contributed by atoms with Crippen molar-refractivity contribution in [2.45, 2.75) is 59.4 Å². The van der Waals surface area contributed by atoms with Crippen LogP contribution in [0.1, 0.15) is 55.6 Å². The first-order chi connectivity index (χ1) is 18.3. The van der Waals surface area contributed by atoms with Crippen LogP contribution in [-0.2, 0) is 36.0 Å². The van der Waals surface area contributed by atoms with Crippen LogP contribution >= 0.6 is 0 Å². The van der Waals surface area contributed by atoms with Gasteiger partial charge in [-0.05, 0) is 49.7 Å². The van der Waals surface area contributed by atoms with E-state index < -0.39 is 5.41 Å². The predicted octanol–water partition coefficient (Wildman–Crippen LogP) is 5.20. The minimum Gasteiger partial charge on any atom is -0.343 e. The Hall–Kier alpha value is -3.41. The number of likely N-dealkylation sites (tertiary alicyclic amines) is 1. The average molecular weight is 515 g/mol. The Morgan fingerprint density at radius 1 is 1.00 bits per heavy atom. The topological polar surface area (TPSA) is 58.4 Å². The van der Waals surface area contributed by atoms with E-state index in [4.69, 9.17) is 0 Å². The summed E-state index contributed by atoms with van der Waals surface area (Å²) in [5.74, 6) is 1.58. The molecule has 1 saturated heterocycles.